The second kappa shape index (κ2) is 5.61. The molecule has 3 heteroatoms. The Kier molecular flexibility index (Phi) is 4.12. The molecule has 0 saturated carbocycles. The second-order valence-electron chi connectivity index (χ2n) is 5.10. The molecule has 2 N–H and O–H groups in total. The number of nitrogens with two attached hydrogens (primary N) is 1. The maximum absolute atomic E-state index is 6.00. The predicted molar refractivity (Wildman–Crippen MR) is 79.1 cm³/mol. The van der Waals surface area contributed by atoms with Crippen LogP contribution in [0, 0.1) is 6.92 Å². The van der Waals surface area contributed by atoms with E-state index in [1.165, 1.54) is 17.7 Å². The number of anilines is 2. The van der Waals surface area contributed by atoms with Crippen LogP contribution in [0.3, 0.4) is 0 Å². The first-order valence-electron chi connectivity index (χ1n) is 7.01. The minimum absolute atomic E-state index is 0.695. The molecule has 18 heavy (non-hydrogen) atoms. The van der Waals surface area contributed by atoms with Gasteiger partial charge in [-0.15, -0.1) is 0 Å². The molecule has 0 aliphatic carbocycles. The summed E-state index contributed by atoms with van der Waals surface area (Å²) in [6.07, 6.45) is 1.26. The zero-order chi connectivity index (χ0) is 13.1. The van der Waals surface area contributed by atoms with E-state index in [9.17, 15) is 0 Å². The fraction of sp³-hybridized carbons (Fsp3) is 0.600. The van der Waals surface area contributed by atoms with Gasteiger partial charge in [0.2, 0.25) is 0 Å². The molecule has 1 unspecified atom stereocenters. The van der Waals surface area contributed by atoms with Crippen molar-refractivity contribution in [3.05, 3.63) is 23.8 Å². The van der Waals surface area contributed by atoms with Crippen LogP contribution in [-0.2, 0) is 0 Å². The lowest BCUT2D eigenvalue weighted by molar-refractivity contribution is 0.232. The van der Waals surface area contributed by atoms with Crippen LogP contribution < -0.4 is 10.6 Å². The molecule has 1 aliphatic heterocycles. The van der Waals surface area contributed by atoms with Gasteiger partial charge in [-0.05, 0) is 44.1 Å². The molecule has 1 heterocycles. The summed E-state index contributed by atoms with van der Waals surface area (Å²) in [5.41, 5.74) is 9.43. The molecule has 0 radical (unpaired) electrons. The maximum atomic E-state index is 6.00. The summed E-state index contributed by atoms with van der Waals surface area (Å²) in [7, 11) is 0. The third-order valence-corrected chi connectivity index (χ3v) is 4.18. The largest absolute Gasteiger partial charge is 0.398 e. The van der Waals surface area contributed by atoms with Gasteiger partial charge >= 0.3 is 0 Å². The molecule has 0 bridgehead atoms. The van der Waals surface area contributed by atoms with Crippen molar-refractivity contribution in [1.29, 1.82) is 0 Å². The summed E-state index contributed by atoms with van der Waals surface area (Å²) in [6, 6.07) is 6.93. The van der Waals surface area contributed by atoms with E-state index < -0.39 is 0 Å². The number of likely N-dealkylation sites (N-methyl/N-ethyl adjacent to an activating group) is 1. The van der Waals surface area contributed by atoms with E-state index in [0.29, 0.717) is 6.04 Å². The number of benzene rings is 1. The molecule has 0 amide bonds. The molecular weight excluding hydrogens is 222 g/mol. The van der Waals surface area contributed by atoms with Gasteiger partial charge in [-0.25, -0.2) is 0 Å². The minimum atomic E-state index is 0.695. The van der Waals surface area contributed by atoms with E-state index in [4.69, 9.17) is 5.73 Å². The standard InChI is InChI=1S/C15H25N3/c1-4-17(5-2)13-9-10-18(11-13)15-8-6-7-14(16)12(15)3/h6-8,13H,4-5,9-11,16H2,1-3H3. The third-order valence-electron chi connectivity index (χ3n) is 4.18. The first kappa shape index (κ1) is 13.2. The molecule has 1 aromatic rings. The van der Waals surface area contributed by atoms with E-state index in [0.717, 1.165) is 31.9 Å². The highest BCUT2D eigenvalue weighted by molar-refractivity contribution is 5.64. The zero-order valence-corrected chi connectivity index (χ0v) is 11.8. The normalized spacial score (nSPS) is 19.8. The van der Waals surface area contributed by atoms with Gasteiger partial charge in [-0.1, -0.05) is 19.9 Å². The lowest BCUT2D eigenvalue weighted by Gasteiger charge is -2.27. The Bertz CT molecular complexity index is 399. The van der Waals surface area contributed by atoms with Crippen LogP contribution in [0.1, 0.15) is 25.8 Å². The zero-order valence-electron chi connectivity index (χ0n) is 11.8. The molecule has 1 fully saturated rings. The van der Waals surface area contributed by atoms with Gasteiger partial charge in [0, 0.05) is 30.5 Å². The van der Waals surface area contributed by atoms with E-state index in [2.05, 4.69) is 42.7 Å². The molecule has 1 aliphatic rings. The monoisotopic (exact) mass is 247 g/mol. The molecule has 1 aromatic carbocycles. The maximum Gasteiger partial charge on any atom is 0.0417 e. The molecular formula is C15H25N3. The molecule has 2 rings (SSSR count). The van der Waals surface area contributed by atoms with Gasteiger partial charge in [0.05, 0.1) is 0 Å². The van der Waals surface area contributed by atoms with Crippen molar-refractivity contribution in [2.75, 3.05) is 36.8 Å². The van der Waals surface area contributed by atoms with Crippen molar-refractivity contribution < 1.29 is 0 Å². The van der Waals surface area contributed by atoms with Crippen LogP contribution in [0.5, 0.6) is 0 Å². The minimum Gasteiger partial charge on any atom is -0.398 e. The Balaban J connectivity index is 2.11. The SMILES string of the molecule is CCN(CC)C1CCN(c2cccc(N)c2C)C1. The average Bonchev–Trinajstić information content (AvgIpc) is 2.84. The van der Waals surface area contributed by atoms with Gasteiger partial charge in [-0.2, -0.15) is 0 Å². The first-order chi connectivity index (χ1) is 8.67. The summed E-state index contributed by atoms with van der Waals surface area (Å²) < 4.78 is 0. The average molecular weight is 247 g/mol. The predicted octanol–water partition coefficient (Wildman–Crippen LogP) is 2.50. The van der Waals surface area contributed by atoms with Gasteiger partial charge in [0.15, 0.2) is 0 Å². The number of rotatable bonds is 4. The lowest BCUT2D eigenvalue weighted by atomic mass is 10.1. The van der Waals surface area contributed by atoms with Crippen molar-refractivity contribution >= 4 is 11.4 Å². The Morgan fingerprint density at radius 3 is 2.72 bits per heavy atom. The number of nitrogens with zero attached hydrogens (tertiary/aromatic N) is 2. The van der Waals surface area contributed by atoms with E-state index in [1.807, 2.05) is 6.07 Å². The summed E-state index contributed by atoms with van der Waals surface area (Å²) in [5, 5.41) is 0. The van der Waals surface area contributed by atoms with Crippen molar-refractivity contribution in [1.82, 2.24) is 4.90 Å². The second-order valence-corrected chi connectivity index (χ2v) is 5.10. The molecule has 1 atom stereocenters. The summed E-state index contributed by atoms with van der Waals surface area (Å²) in [6.45, 7) is 11.2. The van der Waals surface area contributed by atoms with Gasteiger partial charge in [0.25, 0.3) is 0 Å². The van der Waals surface area contributed by atoms with Crippen molar-refractivity contribution in [2.45, 2.75) is 33.2 Å². The summed E-state index contributed by atoms with van der Waals surface area (Å²) in [5.74, 6) is 0. The Morgan fingerprint density at radius 2 is 2.06 bits per heavy atom. The van der Waals surface area contributed by atoms with Crippen molar-refractivity contribution in [3.63, 3.8) is 0 Å². The highest BCUT2D eigenvalue weighted by Crippen LogP contribution is 2.28. The van der Waals surface area contributed by atoms with Crippen molar-refractivity contribution in [3.8, 4) is 0 Å². The smallest absolute Gasteiger partial charge is 0.0417 e. The number of hydrogen-bond donors (Lipinski definition) is 1. The fourth-order valence-corrected chi connectivity index (χ4v) is 2.98. The highest BCUT2D eigenvalue weighted by Gasteiger charge is 2.27. The first-order valence-corrected chi connectivity index (χ1v) is 7.01. The van der Waals surface area contributed by atoms with Crippen LogP contribution in [-0.4, -0.2) is 37.1 Å². The highest BCUT2D eigenvalue weighted by atomic mass is 15.3. The molecule has 1 saturated heterocycles. The van der Waals surface area contributed by atoms with E-state index in [-0.39, 0.29) is 0 Å². The molecule has 0 aromatic heterocycles. The van der Waals surface area contributed by atoms with E-state index >= 15 is 0 Å². The van der Waals surface area contributed by atoms with Crippen LogP contribution in [0.15, 0.2) is 18.2 Å². The van der Waals surface area contributed by atoms with Gasteiger partial charge < -0.3 is 10.6 Å². The van der Waals surface area contributed by atoms with Gasteiger partial charge in [-0.3, -0.25) is 4.90 Å². The lowest BCUT2D eigenvalue weighted by Crippen LogP contribution is -2.37. The van der Waals surface area contributed by atoms with E-state index in [1.54, 1.807) is 0 Å². The Labute approximate surface area is 111 Å². The van der Waals surface area contributed by atoms with Crippen LogP contribution >= 0.6 is 0 Å². The third kappa shape index (κ3) is 2.46. The Hall–Kier alpha value is -1.22. The molecule has 3 nitrogen and oxygen atoms in total. The quantitative estimate of drug-likeness (QED) is 0.830. The fourth-order valence-electron chi connectivity index (χ4n) is 2.98. The van der Waals surface area contributed by atoms with Crippen LogP contribution in [0.4, 0.5) is 11.4 Å². The Morgan fingerprint density at radius 1 is 1.33 bits per heavy atom. The summed E-state index contributed by atoms with van der Waals surface area (Å²) in [4.78, 5) is 5.04. The van der Waals surface area contributed by atoms with Crippen molar-refractivity contribution in [2.24, 2.45) is 0 Å². The number of hydrogen-bond acceptors (Lipinski definition) is 3. The summed E-state index contributed by atoms with van der Waals surface area (Å²) >= 11 is 0. The van der Waals surface area contributed by atoms with Crippen LogP contribution in [0.25, 0.3) is 0 Å². The number of nitrogen functional groups attached to an aromatic ring is 1. The van der Waals surface area contributed by atoms with Gasteiger partial charge in [0.1, 0.15) is 0 Å². The molecule has 0 spiro atoms. The van der Waals surface area contributed by atoms with Crippen LogP contribution in [0.2, 0.25) is 0 Å². The topological polar surface area (TPSA) is 32.5 Å². The molecule has 100 valence electrons.